The lowest BCUT2D eigenvalue weighted by molar-refractivity contribution is 0.258. The van der Waals surface area contributed by atoms with E-state index in [1.54, 1.807) is 0 Å². The molecule has 6 aromatic rings. The summed E-state index contributed by atoms with van der Waals surface area (Å²) in [6.45, 7) is 0.938. The van der Waals surface area contributed by atoms with E-state index in [1.807, 2.05) is 42.5 Å². The summed E-state index contributed by atoms with van der Waals surface area (Å²) < 4.78 is 13.8. The lowest BCUT2D eigenvalue weighted by Gasteiger charge is -2.18. The maximum absolute atomic E-state index is 6.47. The summed E-state index contributed by atoms with van der Waals surface area (Å²) in [5.74, 6) is 1.49. The molecule has 0 aromatic heterocycles. The number of hydrogen-bond acceptors (Lipinski definition) is 2. The van der Waals surface area contributed by atoms with Crippen molar-refractivity contribution in [2.45, 2.75) is 13.2 Å². The first-order valence-corrected chi connectivity index (χ1v) is 12.5. The fourth-order valence-electron chi connectivity index (χ4n) is 4.57. The molecule has 0 heterocycles. The quantitative estimate of drug-likeness (QED) is 0.161. The van der Waals surface area contributed by atoms with Gasteiger partial charge in [0.15, 0.2) is 11.5 Å². The molecular weight excluding hydrogens is 496 g/mol. The lowest BCUT2D eigenvalue weighted by atomic mass is 9.97. The average molecular weight is 519 g/mol. The standard InChI is InChI=1S/C32H23BrO2/c33-29-19-30(34-20-22-9-3-1-4-10-22)32(35-21-23-11-5-2-6-12-23)27-16-15-26-17-24-13-7-8-14-25(24)18-28(26)31(27)29/h1-19H,20-21H2. The Hall–Kier alpha value is -3.82. The molecular formula is C32H23BrO2. The maximum Gasteiger partial charge on any atom is 0.169 e. The van der Waals surface area contributed by atoms with Crippen molar-refractivity contribution in [3.05, 3.63) is 131 Å². The molecule has 3 heteroatoms. The lowest BCUT2D eigenvalue weighted by Crippen LogP contribution is -2.02. The largest absolute Gasteiger partial charge is 0.485 e. The van der Waals surface area contributed by atoms with Crippen molar-refractivity contribution in [3.8, 4) is 11.5 Å². The van der Waals surface area contributed by atoms with Crippen LogP contribution in [0.15, 0.2) is 120 Å². The molecule has 170 valence electrons. The molecule has 0 saturated carbocycles. The highest BCUT2D eigenvalue weighted by atomic mass is 79.9. The molecule has 0 radical (unpaired) electrons. The molecule has 0 atom stereocenters. The van der Waals surface area contributed by atoms with Crippen LogP contribution in [0.5, 0.6) is 11.5 Å². The maximum atomic E-state index is 6.47. The van der Waals surface area contributed by atoms with Crippen molar-refractivity contribution in [1.29, 1.82) is 0 Å². The van der Waals surface area contributed by atoms with Gasteiger partial charge in [-0.25, -0.2) is 0 Å². The fourth-order valence-corrected chi connectivity index (χ4v) is 5.20. The summed E-state index contributed by atoms with van der Waals surface area (Å²) in [6.07, 6.45) is 0. The zero-order chi connectivity index (χ0) is 23.6. The molecule has 6 rings (SSSR count). The van der Waals surface area contributed by atoms with Gasteiger partial charge in [0.25, 0.3) is 0 Å². The minimum absolute atomic E-state index is 0.467. The minimum Gasteiger partial charge on any atom is -0.485 e. The second-order valence-corrected chi connectivity index (χ2v) is 9.50. The van der Waals surface area contributed by atoms with Crippen LogP contribution in [0, 0.1) is 0 Å². The molecule has 0 amide bonds. The van der Waals surface area contributed by atoms with E-state index in [0.29, 0.717) is 13.2 Å². The van der Waals surface area contributed by atoms with Gasteiger partial charge in [-0.15, -0.1) is 0 Å². The topological polar surface area (TPSA) is 18.5 Å². The highest BCUT2D eigenvalue weighted by molar-refractivity contribution is 9.10. The highest BCUT2D eigenvalue weighted by Gasteiger charge is 2.17. The van der Waals surface area contributed by atoms with Crippen LogP contribution in [0.1, 0.15) is 11.1 Å². The van der Waals surface area contributed by atoms with Gasteiger partial charge in [0, 0.05) is 15.2 Å². The molecule has 0 bridgehead atoms. The normalized spacial score (nSPS) is 11.2. The molecule has 0 N–H and O–H groups in total. The molecule has 2 nitrogen and oxygen atoms in total. The average Bonchev–Trinajstić information content (AvgIpc) is 2.91. The van der Waals surface area contributed by atoms with Crippen molar-refractivity contribution in [2.75, 3.05) is 0 Å². The monoisotopic (exact) mass is 518 g/mol. The molecule has 0 spiro atoms. The third kappa shape index (κ3) is 4.36. The molecule has 0 fully saturated rings. The van der Waals surface area contributed by atoms with Gasteiger partial charge in [0.05, 0.1) is 0 Å². The van der Waals surface area contributed by atoms with Gasteiger partial charge in [0.1, 0.15) is 13.2 Å². The number of hydrogen-bond donors (Lipinski definition) is 0. The van der Waals surface area contributed by atoms with Gasteiger partial charge < -0.3 is 9.47 Å². The van der Waals surface area contributed by atoms with Gasteiger partial charge >= 0.3 is 0 Å². The Bertz CT molecular complexity index is 1640. The van der Waals surface area contributed by atoms with E-state index in [2.05, 4.69) is 88.7 Å². The van der Waals surface area contributed by atoms with E-state index >= 15 is 0 Å². The van der Waals surface area contributed by atoms with Gasteiger partial charge in [0.2, 0.25) is 0 Å². The van der Waals surface area contributed by atoms with Crippen LogP contribution in [-0.2, 0) is 13.2 Å². The predicted octanol–water partition coefficient (Wildman–Crippen LogP) is 9.07. The van der Waals surface area contributed by atoms with Crippen LogP contribution in [-0.4, -0.2) is 0 Å². The van der Waals surface area contributed by atoms with Crippen LogP contribution in [0.25, 0.3) is 32.3 Å². The number of halogens is 1. The first kappa shape index (κ1) is 21.7. The smallest absolute Gasteiger partial charge is 0.169 e. The summed E-state index contributed by atoms with van der Waals surface area (Å²) in [4.78, 5) is 0. The van der Waals surface area contributed by atoms with E-state index in [9.17, 15) is 0 Å². The fraction of sp³-hybridized carbons (Fsp3) is 0.0625. The molecule has 0 aliphatic heterocycles. The van der Waals surface area contributed by atoms with Crippen molar-refractivity contribution in [3.63, 3.8) is 0 Å². The van der Waals surface area contributed by atoms with E-state index < -0.39 is 0 Å². The molecule has 35 heavy (non-hydrogen) atoms. The second-order valence-electron chi connectivity index (χ2n) is 8.64. The van der Waals surface area contributed by atoms with Crippen LogP contribution in [0.4, 0.5) is 0 Å². The van der Waals surface area contributed by atoms with Crippen LogP contribution >= 0.6 is 15.9 Å². The Labute approximate surface area is 212 Å². The minimum atomic E-state index is 0.467. The summed E-state index contributed by atoms with van der Waals surface area (Å²) >= 11 is 3.85. The van der Waals surface area contributed by atoms with Gasteiger partial charge in [-0.2, -0.15) is 0 Å². The molecule has 0 saturated heterocycles. The number of rotatable bonds is 6. The third-order valence-electron chi connectivity index (χ3n) is 6.31. The van der Waals surface area contributed by atoms with Gasteiger partial charge in [-0.05, 0) is 72.9 Å². The molecule has 0 aliphatic rings. The van der Waals surface area contributed by atoms with Gasteiger partial charge in [-0.1, -0.05) is 91.0 Å². The highest BCUT2D eigenvalue weighted by Crippen LogP contribution is 2.44. The summed E-state index contributed by atoms with van der Waals surface area (Å²) in [5, 5.41) is 7.00. The van der Waals surface area contributed by atoms with E-state index in [4.69, 9.17) is 9.47 Å². The summed E-state index contributed by atoms with van der Waals surface area (Å²) in [7, 11) is 0. The number of fused-ring (bicyclic) bond motifs is 4. The van der Waals surface area contributed by atoms with E-state index in [0.717, 1.165) is 37.9 Å². The second kappa shape index (κ2) is 9.44. The Morgan fingerprint density at radius 1 is 0.514 bits per heavy atom. The van der Waals surface area contributed by atoms with E-state index in [1.165, 1.54) is 21.5 Å². The first-order chi connectivity index (χ1) is 17.3. The van der Waals surface area contributed by atoms with Crippen LogP contribution in [0.2, 0.25) is 0 Å². The Kier molecular flexibility index (Phi) is 5.85. The van der Waals surface area contributed by atoms with Crippen LogP contribution < -0.4 is 9.47 Å². The van der Waals surface area contributed by atoms with Crippen molar-refractivity contribution in [2.24, 2.45) is 0 Å². The third-order valence-corrected chi connectivity index (χ3v) is 6.94. The van der Waals surface area contributed by atoms with E-state index in [-0.39, 0.29) is 0 Å². The number of ether oxygens (including phenoxy) is 2. The molecule has 0 unspecified atom stereocenters. The predicted molar refractivity (Wildman–Crippen MR) is 148 cm³/mol. The summed E-state index contributed by atoms with van der Waals surface area (Å²) in [5.41, 5.74) is 2.23. The van der Waals surface area contributed by atoms with Crippen molar-refractivity contribution >= 4 is 48.2 Å². The van der Waals surface area contributed by atoms with Crippen LogP contribution in [0.3, 0.4) is 0 Å². The zero-order valence-electron chi connectivity index (χ0n) is 19.1. The Morgan fingerprint density at radius 2 is 1.11 bits per heavy atom. The molecule has 0 aliphatic carbocycles. The zero-order valence-corrected chi connectivity index (χ0v) is 20.7. The summed E-state index contributed by atoms with van der Waals surface area (Å²) in [6, 6.07) is 39.8. The molecule has 6 aromatic carbocycles. The van der Waals surface area contributed by atoms with Gasteiger partial charge in [-0.3, -0.25) is 0 Å². The van der Waals surface area contributed by atoms with Crippen molar-refractivity contribution in [1.82, 2.24) is 0 Å². The Morgan fingerprint density at radius 3 is 1.80 bits per heavy atom. The number of benzene rings is 6. The SMILES string of the molecule is Brc1cc(OCc2ccccc2)c(OCc2ccccc2)c2ccc3cc4ccccc4cc3c12. The Balaban J connectivity index is 1.50. The van der Waals surface area contributed by atoms with Crippen molar-refractivity contribution < 1.29 is 9.47 Å². The first-order valence-electron chi connectivity index (χ1n) is 11.7.